The largest absolute Gasteiger partial charge is 0.493 e. The third kappa shape index (κ3) is 4.51. The summed E-state index contributed by atoms with van der Waals surface area (Å²) >= 11 is 0. The molecule has 31 heavy (non-hydrogen) atoms. The third-order valence-electron chi connectivity index (χ3n) is 5.06. The molecule has 0 bridgehead atoms. The fourth-order valence-corrected chi connectivity index (χ4v) is 5.26. The first kappa shape index (κ1) is 22.6. The SMILES string of the molecule is COc1ccc(S(=O)(=O)N(c2ccc(C3=NNC(=O)CC3C)cc2)C(C)C)cc1OC. The van der Waals surface area contributed by atoms with Crippen LogP contribution in [0.3, 0.4) is 0 Å². The molecule has 1 heterocycles. The van der Waals surface area contributed by atoms with Crippen LogP contribution in [0.4, 0.5) is 5.69 Å². The standard InChI is InChI=1S/C22H27N3O5S/c1-14(2)25(31(27,28)18-10-11-19(29-4)20(13-18)30-5)17-8-6-16(7-9-17)22-15(3)12-21(26)23-24-22/h6-11,13-15H,12H2,1-5H3,(H,23,26). The quantitative estimate of drug-likeness (QED) is 0.706. The Kier molecular flexibility index (Phi) is 6.54. The third-order valence-corrected chi connectivity index (χ3v) is 7.06. The number of hydrazone groups is 1. The number of sulfonamides is 1. The second-order valence-electron chi connectivity index (χ2n) is 7.60. The first-order valence-corrected chi connectivity index (χ1v) is 11.4. The lowest BCUT2D eigenvalue weighted by atomic mass is 9.94. The lowest BCUT2D eigenvalue weighted by Gasteiger charge is -2.29. The van der Waals surface area contributed by atoms with Crippen LogP contribution in [0.5, 0.6) is 11.5 Å². The molecule has 0 saturated heterocycles. The molecule has 0 aliphatic carbocycles. The van der Waals surface area contributed by atoms with Gasteiger partial charge in [0.05, 0.1) is 30.5 Å². The van der Waals surface area contributed by atoms with E-state index >= 15 is 0 Å². The zero-order chi connectivity index (χ0) is 22.8. The van der Waals surface area contributed by atoms with Crippen LogP contribution in [0.1, 0.15) is 32.8 Å². The number of rotatable bonds is 7. The summed E-state index contributed by atoms with van der Waals surface area (Å²) < 4.78 is 38.8. The summed E-state index contributed by atoms with van der Waals surface area (Å²) in [6, 6.07) is 11.3. The van der Waals surface area contributed by atoms with Gasteiger partial charge in [-0.3, -0.25) is 9.10 Å². The van der Waals surface area contributed by atoms with Crippen LogP contribution in [0.25, 0.3) is 0 Å². The van der Waals surface area contributed by atoms with Crippen molar-refractivity contribution in [2.75, 3.05) is 18.5 Å². The van der Waals surface area contributed by atoms with Crippen LogP contribution < -0.4 is 19.2 Å². The van der Waals surface area contributed by atoms with Gasteiger partial charge >= 0.3 is 0 Å². The van der Waals surface area contributed by atoms with Crippen LogP contribution in [-0.4, -0.2) is 40.3 Å². The van der Waals surface area contributed by atoms with Crippen molar-refractivity contribution in [3.05, 3.63) is 48.0 Å². The molecule has 1 N–H and O–H groups in total. The van der Waals surface area contributed by atoms with Gasteiger partial charge in [-0.2, -0.15) is 5.10 Å². The van der Waals surface area contributed by atoms with E-state index in [1.165, 1.54) is 30.7 Å². The highest BCUT2D eigenvalue weighted by Gasteiger charge is 2.29. The number of amides is 1. The van der Waals surface area contributed by atoms with Crippen molar-refractivity contribution < 1.29 is 22.7 Å². The van der Waals surface area contributed by atoms with Gasteiger partial charge < -0.3 is 9.47 Å². The Bertz CT molecular complexity index is 1090. The monoisotopic (exact) mass is 445 g/mol. The van der Waals surface area contributed by atoms with Gasteiger partial charge in [0.25, 0.3) is 10.0 Å². The minimum absolute atomic E-state index is 0.0173. The molecule has 0 aromatic heterocycles. The molecule has 1 amide bonds. The number of ether oxygens (including phenoxy) is 2. The number of carbonyl (C=O) groups excluding carboxylic acids is 1. The van der Waals surface area contributed by atoms with Crippen molar-refractivity contribution in [3.63, 3.8) is 0 Å². The molecule has 1 aliphatic heterocycles. The number of anilines is 1. The summed E-state index contributed by atoms with van der Waals surface area (Å²) in [5.74, 6) is 0.668. The molecular weight excluding hydrogens is 418 g/mol. The molecule has 1 aliphatic rings. The van der Waals surface area contributed by atoms with Crippen molar-refractivity contribution in [3.8, 4) is 11.5 Å². The summed E-state index contributed by atoms with van der Waals surface area (Å²) in [5.41, 5.74) is 4.64. The molecule has 0 spiro atoms. The van der Waals surface area contributed by atoms with E-state index in [1.807, 2.05) is 32.9 Å². The van der Waals surface area contributed by atoms with Crippen molar-refractivity contribution in [2.24, 2.45) is 11.0 Å². The van der Waals surface area contributed by atoms with E-state index in [-0.39, 0.29) is 22.8 Å². The van der Waals surface area contributed by atoms with Gasteiger partial charge in [0.2, 0.25) is 5.91 Å². The van der Waals surface area contributed by atoms with Crippen molar-refractivity contribution in [2.45, 2.75) is 38.1 Å². The molecule has 8 nitrogen and oxygen atoms in total. The minimum Gasteiger partial charge on any atom is -0.493 e. The van der Waals surface area contributed by atoms with Crippen LogP contribution >= 0.6 is 0 Å². The summed E-state index contributed by atoms with van der Waals surface area (Å²) in [4.78, 5) is 11.6. The second kappa shape index (κ2) is 8.97. The zero-order valence-electron chi connectivity index (χ0n) is 18.2. The number of nitrogens with one attached hydrogen (secondary N) is 1. The van der Waals surface area contributed by atoms with Gasteiger partial charge in [-0.25, -0.2) is 13.8 Å². The molecule has 1 atom stereocenters. The molecule has 9 heteroatoms. The molecule has 0 radical (unpaired) electrons. The summed E-state index contributed by atoms with van der Waals surface area (Å²) in [5, 5.41) is 4.16. The Hall–Kier alpha value is -3.07. The van der Waals surface area contributed by atoms with E-state index in [9.17, 15) is 13.2 Å². The predicted octanol–water partition coefficient (Wildman–Crippen LogP) is 3.17. The summed E-state index contributed by atoms with van der Waals surface area (Å²) in [7, 11) is -0.896. The van der Waals surface area contributed by atoms with Crippen molar-refractivity contribution in [1.82, 2.24) is 5.43 Å². The topological polar surface area (TPSA) is 97.3 Å². The van der Waals surface area contributed by atoms with E-state index < -0.39 is 10.0 Å². The highest BCUT2D eigenvalue weighted by molar-refractivity contribution is 7.92. The predicted molar refractivity (Wildman–Crippen MR) is 119 cm³/mol. The van der Waals surface area contributed by atoms with Gasteiger partial charge in [-0.05, 0) is 43.7 Å². The Morgan fingerprint density at radius 2 is 1.71 bits per heavy atom. The second-order valence-corrected chi connectivity index (χ2v) is 9.41. The number of hydrogen-bond acceptors (Lipinski definition) is 6. The van der Waals surface area contributed by atoms with E-state index in [2.05, 4.69) is 10.5 Å². The molecule has 0 fully saturated rings. The maximum Gasteiger partial charge on any atom is 0.264 e. The van der Waals surface area contributed by atoms with Gasteiger partial charge in [-0.1, -0.05) is 19.1 Å². The van der Waals surface area contributed by atoms with Crippen molar-refractivity contribution >= 4 is 27.3 Å². The van der Waals surface area contributed by atoms with Gasteiger partial charge in [-0.15, -0.1) is 0 Å². The van der Waals surface area contributed by atoms with Crippen LogP contribution in [0, 0.1) is 5.92 Å². The molecule has 0 saturated carbocycles. The molecule has 166 valence electrons. The fourth-order valence-electron chi connectivity index (χ4n) is 3.59. The average molecular weight is 446 g/mol. The Labute approximate surface area is 182 Å². The van der Waals surface area contributed by atoms with E-state index in [0.29, 0.717) is 23.6 Å². The molecule has 2 aromatic carbocycles. The van der Waals surface area contributed by atoms with Crippen LogP contribution in [0.2, 0.25) is 0 Å². The number of hydrogen-bond donors (Lipinski definition) is 1. The smallest absolute Gasteiger partial charge is 0.264 e. The molecule has 3 rings (SSSR count). The number of benzene rings is 2. The number of nitrogens with zero attached hydrogens (tertiary/aromatic N) is 2. The maximum atomic E-state index is 13.5. The lowest BCUT2D eigenvalue weighted by Crippen LogP contribution is -2.37. The number of methoxy groups -OCH3 is 2. The zero-order valence-corrected chi connectivity index (χ0v) is 19.1. The highest BCUT2D eigenvalue weighted by Crippen LogP contribution is 2.33. The van der Waals surface area contributed by atoms with Gasteiger partial charge in [0.15, 0.2) is 11.5 Å². The summed E-state index contributed by atoms with van der Waals surface area (Å²) in [6.07, 6.45) is 0.367. The van der Waals surface area contributed by atoms with Gasteiger partial charge in [0, 0.05) is 24.4 Å². The minimum atomic E-state index is -3.86. The summed E-state index contributed by atoms with van der Waals surface area (Å²) in [6.45, 7) is 5.57. The lowest BCUT2D eigenvalue weighted by molar-refractivity contribution is -0.121. The highest BCUT2D eigenvalue weighted by atomic mass is 32.2. The van der Waals surface area contributed by atoms with Crippen LogP contribution in [0.15, 0.2) is 52.5 Å². The van der Waals surface area contributed by atoms with Gasteiger partial charge in [0.1, 0.15) is 0 Å². The Morgan fingerprint density at radius 3 is 2.26 bits per heavy atom. The fraction of sp³-hybridized carbons (Fsp3) is 0.364. The first-order valence-electron chi connectivity index (χ1n) is 9.92. The number of carbonyl (C=O) groups is 1. The maximum absolute atomic E-state index is 13.5. The normalized spacial score (nSPS) is 16.5. The Balaban J connectivity index is 1.98. The molecule has 2 aromatic rings. The van der Waals surface area contributed by atoms with Crippen LogP contribution in [-0.2, 0) is 14.8 Å². The first-order chi connectivity index (χ1) is 14.7. The van der Waals surface area contributed by atoms with E-state index in [0.717, 1.165) is 11.3 Å². The van der Waals surface area contributed by atoms with E-state index in [4.69, 9.17) is 9.47 Å². The van der Waals surface area contributed by atoms with E-state index in [1.54, 1.807) is 18.2 Å². The molecular formula is C22H27N3O5S. The average Bonchev–Trinajstić information content (AvgIpc) is 2.73. The van der Waals surface area contributed by atoms with Crippen molar-refractivity contribution in [1.29, 1.82) is 0 Å². The Morgan fingerprint density at radius 1 is 1.06 bits per heavy atom. The molecule has 1 unspecified atom stereocenters.